The van der Waals surface area contributed by atoms with Gasteiger partial charge in [0.2, 0.25) is 0 Å². The van der Waals surface area contributed by atoms with Crippen LogP contribution in [0.1, 0.15) is 41.0 Å². The van der Waals surface area contributed by atoms with Gasteiger partial charge in [0.25, 0.3) is 0 Å². The molecule has 0 aromatic rings. The first kappa shape index (κ1) is 17.6. The molecule has 0 rings (SSSR count). The highest BCUT2D eigenvalue weighted by Gasteiger charge is 2.53. The SMILES string of the molecule is CCOC(=O)C(CC)[Si](OCC)(OCC)OCC. The van der Waals surface area contributed by atoms with E-state index < -0.39 is 14.3 Å². The first-order valence-corrected chi connectivity index (χ1v) is 8.50. The number of hydrogen-bond acceptors (Lipinski definition) is 5. The molecule has 0 bridgehead atoms. The molecule has 0 aliphatic carbocycles. The number of carbonyl (C=O) groups is 1. The van der Waals surface area contributed by atoms with Crippen LogP contribution in [0.4, 0.5) is 0 Å². The second-order valence-corrected chi connectivity index (χ2v) is 6.39. The van der Waals surface area contributed by atoms with Gasteiger partial charge < -0.3 is 18.0 Å². The zero-order valence-corrected chi connectivity index (χ0v) is 13.2. The largest absolute Gasteiger partial charge is 0.515 e. The minimum atomic E-state index is -3.00. The van der Waals surface area contributed by atoms with E-state index in [4.69, 9.17) is 18.0 Å². The second-order valence-electron chi connectivity index (χ2n) is 3.62. The van der Waals surface area contributed by atoms with Gasteiger partial charge in [0.1, 0.15) is 5.54 Å². The van der Waals surface area contributed by atoms with E-state index in [2.05, 4.69) is 0 Å². The Kier molecular flexibility index (Phi) is 9.26. The summed E-state index contributed by atoms with van der Waals surface area (Å²) in [6.07, 6.45) is 0.588. The Labute approximate surface area is 111 Å². The molecule has 6 heteroatoms. The lowest BCUT2D eigenvalue weighted by molar-refractivity contribution is -0.145. The summed E-state index contributed by atoms with van der Waals surface area (Å²) in [7, 11) is -3.00. The molecule has 18 heavy (non-hydrogen) atoms. The normalized spacial score (nSPS) is 13.4. The monoisotopic (exact) mass is 278 g/mol. The lowest BCUT2D eigenvalue weighted by Crippen LogP contribution is -2.53. The Morgan fingerprint density at radius 1 is 0.889 bits per heavy atom. The van der Waals surface area contributed by atoms with Gasteiger partial charge in [-0.2, -0.15) is 0 Å². The zero-order valence-electron chi connectivity index (χ0n) is 12.2. The molecule has 0 heterocycles. The van der Waals surface area contributed by atoms with E-state index in [-0.39, 0.29) is 5.97 Å². The van der Waals surface area contributed by atoms with Crippen LogP contribution < -0.4 is 0 Å². The van der Waals surface area contributed by atoms with E-state index in [0.717, 1.165) is 0 Å². The molecule has 5 nitrogen and oxygen atoms in total. The summed E-state index contributed by atoms with van der Waals surface area (Å²) in [5.41, 5.74) is -0.447. The molecule has 0 amide bonds. The maximum absolute atomic E-state index is 12.0. The maximum atomic E-state index is 12.0. The van der Waals surface area contributed by atoms with Crippen molar-refractivity contribution < 1.29 is 22.8 Å². The van der Waals surface area contributed by atoms with Crippen molar-refractivity contribution in [3.05, 3.63) is 0 Å². The van der Waals surface area contributed by atoms with Crippen molar-refractivity contribution in [3.63, 3.8) is 0 Å². The van der Waals surface area contributed by atoms with Gasteiger partial charge in [-0.05, 0) is 34.1 Å². The molecule has 0 radical (unpaired) electrons. The number of carbonyl (C=O) groups excluding carboxylic acids is 1. The Morgan fingerprint density at radius 3 is 1.61 bits per heavy atom. The van der Waals surface area contributed by atoms with Gasteiger partial charge in [0.05, 0.1) is 6.61 Å². The molecule has 0 aromatic heterocycles. The third kappa shape index (κ3) is 4.68. The predicted octanol–water partition coefficient (Wildman–Crippen LogP) is 2.38. The van der Waals surface area contributed by atoms with E-state index in [0.29, 0.717) is 32.8 Å². The van der Waals surface area contributed by atoms with Crippen LogP contribution in [0.25, 0.3) is 0 Å². The van der Waals surface area contributed by atoms with E-state index in [1.165, 1.54) is 0 Å². The fourth-order valence-corrected chi connectivity index (χ4v) is 4.77. The van der Waals surface area contributed by atoms with Crippen LogP contribution in [-0.2, 0) is 22.8 Å². The van der Waals surface area contributed by atoms with Crippen molar-refractivity contribution in [2.75, 3.05) is 26.4 Å². The van der Waals surface area contributed by atoms with E-state index >= 15 is 0 Å². The summed E-state index contributed by atoms with van der Waals surface area (Å²) >= 11 is 0. The zero-order chi connectivity index (χ0) is 14.0. The Balaban J connectivity index is 5.11. The van der Waals surface area contributed by atoms with Gasteiger partial charge in [0.15, 0.2) is 0 Å². The first-order chi connectivity index (χ1) is 8.61. The highest BCUT2D eigenvalue weighted by Crippen LogP contribution is 2.30. The van der Waals surface area contributed by atoms with Crippen molar-refractivity contribution in [2.24, 2.45) is 0 Å². The Morgan fingerprint density at radius 2 is 1.33 bits per heavy atom. The molecule has 0 saturated carbocycles. The van der Waals surface area contributed by atoms with Gasteiger partial charge in [-0.15, -0.1) is 0 Å². The summed E-state index contributed by atoms with van der Waals surface area (Å²) < 4.78 is 22.3. The summed E-state index contributed by atoms with van der Waals surface area (Å²) in [5.74, 6) is -0.290. The number of ether oxygens (including phenoxy) is 1. The topological polar surface area (TPSA) is 54.0 Å². The van der Waals surface area contributed by atoms with Gasteiger partial charge in [-0.3, -0.25) is 4.79 Å². The van der Waals surface area contributed by atoms with Crippen molar-refractivity contribution >= 4 is 14.8 Å². The highest BCUT2D eigenvalue weighted by atomic mass is 28.4. The van der Waals surface area contributed by atoms with Gasteiger partial charge in [-0.1, -0.05) is 6.92 Å². The minimum absolute atomic E-state index is 0.290. The molecule has 0 aliphatic rings. The Hall–Kier alpha value is -0.433. The fourth-order valence-electron chi connectivity index (χ4n) is 1.83. The van der Waals surface area contributed by atoms with Crippen LogP contribution in [-0.4, -0.2) is 41.2 Å². The maximum Gasteiger partial charge on any atom is 0.515 e. The average Bonchev–Trinajstić information content (AvgIpc) is 2.31. The van der Waals surface area contributed by atoms with Gasteiger partial charge >= 0.3 is 14.8 Å². The number of rotatable bonds is 10. The molecular formula is C12H26O5Si. The highest BCUT2D eigenvalue weighted by molar-refractivity contribution is 6.66. The molecule has 1 atom stereocenters. The lowest BCUT2D eigenvalue weighted by Gasteiger charge is -2.33. The average molecular weight is 278 g/mol. The summed E-state index contributed by atoms with van der Waals surface area (Å²) in [6, 6.07) is 0. The molecule has 108 valence electrons. The molecule has 0 aliphatic heterocycles. The predicted molar refractivity (Wildman–Crippen MR) is 71.3 cm³/mol. The number of esters is 1. The molecule has 0 N–H and O–H groups in total. The molecule has 0 aromatic carbocycles. The number of hydrogen-bond donors (Lipinski definition) is 0. The van der Waals surface area contributed by atoms with Crippen LogP contribution in [0.5, 0.6) is 0 Å². The van der Waals surface area contributed by atoms with E-state index in [1.807, 2.05) is 27.7 Å². The molecular weight excluding hydrogens is 252 g/mol. The third-order valence-electron chi connectivity index (χ3n) is 2.44. The second kappa shape index (κ2) is 9.49. The van der Waals surface area contributed by atoms with Crippen molar-refractivity contribution in [1.29, 1.82) is 0 Å². The third-order valence-corrected chi connectivity index (χ3v) is 6.01. The standard InChI is InChI=1S/C12H26O5Si/c1-6-11(12(13)14-7-2)18(15-8-3,16-9-4)17-10-5/h11H,6-10H2,1-5H3. The Bertz CT molecular complexity index is 217. The van der Waals surface area contributed by atoms with Gasteiger partial charge in [0, 0.05) is 19.8 Å². The first-order valence-electron chi connectivity index (χ1n) is 6.70. The lowest BCUT2D eigenvalue weighted by atomic mass is 10.3. The summed E-state index contributed by atoms with van der Waals surface area (Å²) in [5, 5.41) is 0. The fraction of sp³-hybridized carbons (Fsp3) is 0.917. The smallest absolute Gasteiger partial charge is 0.466 e. The summed E-state index contributed by atoms with van der Waals surface area (Å²) in [4.78, 5) is 12.0. The van der Waals surface area contributed by atoms with Crippen LogP contribution in [0, 0.1) is 0 Å². The van der Waals surface area contributed by atoms with Crippen LogP contribution in [0.15, 0.2) is 0 Å². The van der Waals surface area contributed by atoms with Crippen LogP contribution in [0.3, 0.4) is 0 Å². The van der Waals surface area contributed by atoms with Crippen LogP contribution >= 0.6 is 0 Å². The van der Waals surface area contributed by atoms with E-state index in [9.17, 15) is 4.79 Å². The van der Waals surface area contributed by atoms with Crippen molar-refractivity contribution in [1.82, 2.24) is 0 Å². The minimum Gasteiger partial charge on any atom is -0.466 e. The molecule has 0 saturated heterocycles. The molecule has 0 fully saturated rings. The van der Waals surface area contributed by atoms with Crippen molar-refractivity contribution in [3.8, 4) is 0 Å². The quantitative estimate of drug-likeness (QED) is 0.453. The van der Waals surface area contributed by atoms with Crippen LogP contribution in [0.2, 0.25) is 5.54 Å². The molecule has 1 unspecified atom stereocenters. The van der Waals surface area contributed by atoms with Crippen molar-refractivity contribution in [2.45, 2.75) is 46.6 Å². The summed E-state index contributed by atoms with van der Waals surface area (Å²) in [6.45, 7) is 11.1. The van der Waals surface area contributed by atoms with Gasteiger partial charge in [-0.25, -0.2) is 0 Å². The molecule has 0 spiro atoms. The van der Waals surface area contributed by atoms with E-state index in [1.54, 1.807) is 6.92 Å².